The normalized spacial score (nSPS) is 22.3. The largest absolute Gasteiger partial charge is 0.465 e. The van der Waals surface area contributed by atoms with E-state index in [1.54, 1.807) is 0 Å². The van der Waals surface area contributed by atoms with Gasteiger partial charge in [-0.15, -0.1) is 0 Å². The molecule has 0 aliphatic heterocycles. The summed E-state index contributed by atoms with van der Waals surface area (Å²) in [6, 6.07) is 0. The van der Waals surface area contributed by atoms with Crippen molar-refractivity contribution < 1.29 is 9.53 Å². The number of nitrogens with one attached hydrogen (secondary N) is 1. The lowest BCUT2D eigenvalue weighted by Gasteiger charge is -2.36. The summed E-state index contributed by atoms with van der Waals surface area (Å²) in [6.45, 7) is 7.45. The van der Waals surface area contributed by atoms with Crippen LogP contribution in [0.1, 0.15) is 39.5 Å². The molecular weight excluding hydrogens is 240 g/mol. The van der Waals surface area contributed by atoms with Gasteiger partial charge in [0.1, 0.15) is 5.54 Å². The summed E-state index contributed by atoms with van der Waals surface area (Å²) in [6.07, 6.45) is 4.99. The Morgan fingerprint density at radius 3 is 2.42 bits per heavy atom. The summed E-state index contributed by atoms with van der Waals surface area (Å²) in [5.41, 5.74) is -0.485. The van der Waals surface area contributed by atoms with Crippen LogP contribution in [0.2, 0.25) is 0 Å². The second-order valence-corrected chi connectivity index (χ2v) is 5.99. The maximum Gasteiger partial charge on any atom is 0.327 e. The summed E-state index contributed by atoms with van der Waals surface area (Å²) in [7, 11) is 1.90. The second-order valence-electron chi connectivity index (χ2n) is 5.99. The molecule has 0 bridgehead atoms. The fourth-order valence-electron chi connectivity index (χ4n) is 2.91. The molecule has 2 aliphatic rings. The smallest absolute Gasteiger partial charge is 0.327 e. The number of carbonyl (C=O) groups is 1. The third-order valence-corrected chi connectivity index (χ3v) is 4.49. The van der Waals surface area contributed by atoms with Gasteiger partial charge in [-0.1, -0.05) is 6.92 Å². The highest BCUT2D eigenvalue weighted by atomic mass is 16.5. The molecule has 2 aliphatic carbocycles. The molecule has 0 aromatic rings. The van der Waals surface area contributed by atoms with E-state index < -0.39 is 5.54 Å². The molecule has 0 amide bonds. The quantitative estimate of drug-likeness (QED) is 0.646. The number of nitrogens with zero attached hydrogens (tertiary/aromatic N) is 1. The summed E-state index contributed by atoms with van der Waals surface area (Å²) >= 11 is 0. The average molecular weight is 268 g/mol. The SMILES string of the molecule is CCOC(=O)C(CN(CC)CC1CC1)(NC)C1CC1. The Hall–Kier alpha value is -0.610. The van der Waals surface area contributed by atoms with Gasteiger partial charge < -0.3 is 15.0 Å². The maximum absolute atomic E-state index is 12.4. The van der Waals surface area contributed by atoms with Crippen LogP contribution in [0.5, 0.6) is 0 Å². The van der Waals surface area contributed by atoms with Gasteiger partial charge in [-0.2, -0.15) is 0 Å². The molecule has 0 spiro atoms. The monoisotopic (exact) mass is 268 g/mol. The average Bonchev–Trinajstić information content (AvgIpc) is 3.27. The van der Waals surface area contributed by atoms with Crippen molar-refractivity contribution in [2.75, 3.05) is 33.3 Å². The molecule has 0 aromatic heterocycles. The fourth-order valence-corrected chi connectivity index (χ4v) is 2.91. The van der Waals surface area contributed by atoms with Crippen LogP contribution in [-0.2, 0) is 9.53 Å². The maximum atomic E-state index is 12.4. The molecule has 0 heterocycles. The Balaban J connectivity index is 2.04. The molecule has 0 aromatic carbocycles. The van der Waals surface area contributed by atoms with Crippen molar-refractivity contribution in [1.29, 1.82) is 0 Å². The molecule has 0 saturated heterocycles. The molecule has 1 N–H and O–H groups in total. The number of likely N-dealkylation sites (N-methyl/N-ethyl adjacent to an activating group) is 2. The van der Waals surface area contributed by atoms with Gasteiger partial charge in [-0.25, -0.2) is 4.79 Å². The van der Waals surface area contributed by atoms with Gasteiger partial charge in [0.15, 0.2) is 0 Å². The third kappa shape index (κ3) is 3.48. The van der Waals surface area contributed by atoms with Crippen LogP contribution >= 0.6 is 0 Å². The number of ether oxygens (including phenoxy) is 1. The molecule has 4 heteroatoms. The Labute approximate surface area is 116 Å². The standard InChI is InChI=1S/C15H28N2O2/c1-4-17(10-12-6-7-12)11-15(16-3,13-8-9-13)14(18)19-5-2/h12-13,16H,4-11H2,1-3H3. The Morgan fingerprint density at radius 2 is 2.00 bits per heavy atom. The van der Waals surface area contributed by atoms with E-state index in [-0.39, 0.29) is 5.97 Å². The lowest BCUT2D eigenvalue weighted by Crippen LogP contribution is -2.60. The Morgan fingerprint density at radius 1 is 1.32 bits per heavy atom. The van der Waals surface area contributed by atoms with Crippen LogP contribution < -0.4 is 5.32 Å². The van der Waals surface area contributed by atoms with Crippen molar-refractivity contribution in [3.8, 4) is 0 Å². The fraction of sp³-hybridized carbons (Fsp3) is 0.933. The van der Waals surface area contributed by atoms with Crippen molar-refractivity contribution in [3.05, 3.63) is 0 Å². The van der Waals surface area contributed by atoms with E-state index in [0.717, 1.165) is 38.4 Å². The van der Waals surface area contributed by atoms with Crippen LogP contribution in [-0.4, -0.2) is 49.7 Å². The molecule has 110 valence electrons. The van der Waals surface area contributed by atoms with Gasteiger partial charge in [-0.3, -0.25) is 0 Å². The van der Waals surface area contributed by atoms with Crippen molar-refractivity contribution in [1.82, 2.24) is 10.2 Å². The molecule has 1 atom stereocenters. The van der Waals surface area contributed by atoms with E-state index in [4.69, 9.17) is 4.74 Å². The van der Waals surface area contributed by atoms with Gasteiger partial charge in [0.25, 0.3) is 0 Å². The van der Waals surface area contributed by atoms with Crippen molar-refractivity contribution >= 4 is 5.97 Å². The lowest BCUT2D eigenvalue weighted by molar-refractivity contribution is -0.153. The molecule has 4 nitrogen and oxygen atoms in total. The van der Waals surface area contributed by atoms with Crippen LogP contribution in [0, 0.1) is 11.8 Å². The van der Waals surface area contributed by atoms with Gasteiger partial charge in [0.05, 0.1) is 6.61 Å². The Bertz CT molecular complexity index is 313. The van der Waals surface area contributed by atoms with E-state index in [2.05, 4.69) is 17.1 Å². The molecular formula is C15H28N2O2. The van der Waals surface area contributed by atoms with Gasteiger partial charge in [-0.05, 0) is 58.0 Å². The topological polar surface area (TPSA) is 41.6 Å². The highest BCUT2D eigenvalue weighted by molar-refractivity contribution is 5.82. The number of carbonyl (C=O) groups excluding carboxylic acids is 1. The second kappa shape index (κ2) is 6.23. The number of rotatable bonds is 9. The van der Waals surface area contributed by atoms with Crippen molar-refractivity contribution in [3.63, 3.8) is 0 Å². The highest BCUT2D eigenvalue weighted by Gasteiger charge is 2.52. The molecule has 19 heavy (non-hydrogen) atoms. The first-order chi connectivity index (χ1) is 9.16. The summed E-state index contributed by atoms with van der Waals surface area (Å²) in [5.74, 6) is 1.25. The third-order valence-electron chi connectivity index (χ3n) is 4.49. The van der Waals surface area contributed by atoms with Crippen LogP contribution in [0.3, 0.4) is 0 Å². The zero-order valence-corrected chi connectivity index (χ0v) is 12.6. The zero-order chi connectivity index (χ0) is 13.9. The van der Waals surface area contributed by atoms with E-state index in [0.29, 0.717) is 12.5 Å². The first-order valence-electron chi connectivity index (χ1n) is 7.74. The van der Waals surface area contributed by atoms with E-state index >= 15 is 0 Å². The number of hydrogen-bond acceptors (Lipinski definition) is 4. The van der Waals surface area contributed by atoms with Crippen molar-refractivity contribution in [2.24, 2.45) is 11.8 Å². The van der Waals surface area contributed by atoms with Crippen molar-refractivity contribution in [2.45, 2.75) is 45.1 Å². The minimum absolute atomic E-state index is 0.0609. The van der Waals surface area contributed by atoms with Gasteiger partial charge in [0, 0.05) is 13.1 Å². The molecule has 1 unspecified atom stereocenters. The van der Waals surface area contributed by atoms with Crippen LogP contribution in [0.25, 0.3) is 0 Å². The van der Waals surface area contributed by atoms with Crippen LogP contribution in [0.4, 0.5) is 0 Å². The summed E-state index contributed by atoms with van der Waals surface area (Å²) in [5, 5.41) is 3.30. The van der Waals surface area contributed by atoms with E-state index in [1.807, 2.05) is 14.0 Å². The lowest BCUT2D eigenvalue weighted by atomic mass is 9.92. The molecule has 2 saturated carbocycles. The summed E-state index contributed by atoms with van der Waals surface area (Å²) < 4.78 is 5.34. The molecule has 2 rings (SSSR count). The number of hydrogen-bond donors (Lipinski definition) is 1. The first kappa shape index (κ1) is 14.8. The molecule has 0 radical (unpaired) electrons. The molecule has 2 fully saturated rings. The van der Waals surface area contributed by atoms with Gasteiger partial charge in [0.2, 0.25) is 0 Å². The minimum Gasteiger partial charge on any atom is -0.465 e. The van der Waals surface area contributed by atoms with Crippen LogP contribution in [0.15, 0.2) is 0 Å². The summed E-state index contributed by atoms with van der Waals surface area (Å²) in [4.78, 5) is 14.8. The predicted molar refractivity (Wildman–Crippen MR) is 76.0 cm³/mol. The highest BCUT2D eigenvalue weighted by Crippen LogP contribution is 2.41. The zero-order valence-electron chi connectivity index (χ0n) is 12.6. The Kier molecular flexibility index (Phi) is 4.85. The predicted octanol–water partition coefficient (Wildman–Crippen LogP) is 1.65. The van der Waals surface area contributed by atoms with Gasteiger partial charge >= 0.3 is 5.97 Å². The van der Waals surface area contributed by atoms with E-state index in [1.165, 1.54) is 12.8 Å². The minimum atomic E-state index is -0.485. The first-order valence-corrected chi connectivity index (χ1v) is 7.74. The van der Waals surface area contributed by atoms with E-state index in [9.17, 15) is 4.79 Å². The number of esters is 1.